The maximum atomic E-state index is 12.4. The summed E-state index contributed by atoms with van der Waals surface area (Å²) in [6.07, 6.45) is 0. The van der Waals surface area contributed by atoms with Gasteiger partial charge in [0.15, 0.2) is 5.41 Å². The molecular formula is C13H16N4O3. The van der Waals surface area contributed by atoms with E-state index < -0.39 is 22.6 Å². The number of likely N-dealkylation sites (N-methyl/N-ethyl adjacent to an activating group) is 1. The maximum absolute atomic E-state index is 12.4. The summed E-state index contributed by atoms with van der Waals surface area (Å²) < 4.78 is 2.42. The molecule has 2 rings (SSSR count). The van der Waals surface area contributed by atoms with Crippen LogP contribution in [0.3, 0.4) is 0 Å². The smallest absolute Gasteiger partial charge is 0.307 e. The van der Waals surface area contributed by atoms with Gasteiger partial charge in [-0.3, -0.25) is 18.7 Å². The van der Waals surface area contributed by atoms with E-state index >= 15 is 0 Å². The summed E-state index contributed by atoms with van der Waals surface area (Å²) in [7, 11) is 1.45. The van der Waals surface area contributed by atoms with Gasteiger partial charge in [-0.2, -0.15) is 5.26 Å². The van der Waals surface area contributed by atoms with E-state index in [0.717, 1.165) is 4.57 Å². The molecule has 0 spiro atoms. The lowest BCUT2D eigenvalue weighted by Gasteiger charge is -2.18. The van der Waals surface area contributed by atoms with Crippen LogP contribution in [0.4, 0.5) is 5.69 Å². The summed E-state index contributed by atoms with van der Waals surface area (Å²) in [6.45, 7) is 5.39. The number of anilines is 1. The fourth-order valence-electron chi connectivity index (χ4n) is 2.71. The van der Waals surface area contributed by atoms with Crippen LogP contribution < -0.4 is 16.1 Å². The molecule has 1 aliphatic heterocycles. The van der Waals surface area contributed by atoms with Crippen molar-refractivity contribution in [3.05, 3.63) is 26.5 Å². The lowest BCUT2D eigenvalue weighted by atomic mass is 9.89. The number of hydrogen-bond donors (Lipinski definition) is 0. The van der Waals surface area contributed by atoms with Crippen LogP contribution in [0.25, 0.3) is 0 Å². The second-order valence-corrected chi connectivity index (χ2v) is 4.87. The maximum Gasteiger partial charge on any atom is 0.331 e. The van der Waals surface area contributed by atoms with Crippen LogP contribution in [0, 0.1) is 11.3 Å². The van der Waals surface area contributed by atoms with Crippen molar-refractivity contribution in [3.63, 3.8) is 0 Å². The number of aromatic nitrogens is 2. The first-order valence-electron chi connectivity index (χ1n) is 6.42. The predicted molar refractivity (Wildman–Crippen MR) is 72.7 cm³/mol. The Morgan fingerprint density at radius 2 is 1.70 bits per heavy atom. The second kappa shape index (κ2) is 4.34. The molecule has 1 aromatic heterocycles. The van der Waals surface area contributed by atoms with Crippen LogP contribution in [-0.4, -0.2) is 22.1 Å². The predicted octanol–water partition coefficient (Wildman–Crippen LogP) is -0.193. The molecule has 0 fully saturated rings. The van der Waals surface area contributed by atoms with Crippen LogP contribution in [0.5, 0.6) is 0 Å². The third kappa shape index (κ3) is 1.42. The molecule has 0 saturated carbocycles. The minimum atomic E-state index is -1.49. The molecule has 1 aliphatic rings. The first-order valence-corrected chi connectivity index (χ1v) is 6.42. The van der Waals surface area contributed by atoms with E-state index in [2.05, 4.69) is 0 Å². The monoisotopic (exact) mass is 276 g/mol. The van der Waals surface area contributed by atoms with E-state index in [1.54, 1.807) is 13.8 Å². The van der Waals surface area contributed by atoms with E-state index in [1.807, 2.05) is 6.07 Å². The molecule has 20 heavy (non-hydrogen) atoms. The number of carbonyl (C=O) groups is 1. The van der Waals surface area contributed by atoms with Gasteiger partial charge < -0.3 is 4.90 Å². The Balaban J connectivity index is 3.07. The largest absolute Gasteiger partial charge is 0.331 e. The highest BCUT2D eigenvalue weighted by Crippen LogP contribution is 2.37. The fourth-order valence-corrected chi connectivity index (χ4v) is 2.71. The van der Waals surface area contributed by atoms with E-state index in [4.69, 9.17) is 0 Å². The molecule has 7 heteroatoms. The Hall–Kier alpha value is -2.36. The zero-order valence-electron chi connectivity index (χ0n) is 11.9. The minimum absolute atomic E-state index is 0.127. The lowest BCUT2D eigenvalue weighted by molar-refractivity contribution is -0.120. The van der Waals surface area contributed by atoms with Crippen LogP contribution >= 0.6 is 0 Å². The van der Waals surface area contributed by atoms with Crippen LogP contribution in [0.2, 0.25) is 0 Å². The van der Waals surface area contributed by atoms with Crippen molar-refractivity contribution in [2.24, 2.45) is 0 Å². The molecule has 2 heterocycles. The summed E-state index contributed by atoms with van der Waals surface area (Å²) in [5.41, 5.74) is -2.17. The van der Waals surface area contributed by atoms with E-state index in [-0.39, 0.29) is 17.9 Å². The quantitative estimate of drug-likeness (QED) is 0.748. The molecule has 106 valence electrons. The molecule has 0 saturated heterocycles. The fraction of sp³-hybridized carbons (Fsp3) is 0.538. The molecule has 1 atom stereocenters. The Morgan fingerprint density at radius 3 is 2.15 bits per heavy atom. The van der Waals surface area contributed by atoms with Crippen molar-refractivity contribution < 1.29 is 4.79 Å². The number of fused-ring (bicyclic) bond motifs is 1. The Labute approximate surface area is 115 Å². The van der Waals surface area contributed by atoms with Gasteiger partial charge >= 0.3 is 5.69 Å². The summed E-state index contributed by atoms with van der Waals surface area (Å²) >= 11 is 0. The van der Waals surface area contributed by atoms with E-state index in [0.29, 0.717) is 6.54 Å². The van der Waals surface area contributed by atoms with Gasteiger partial charge in [-0.15, -0.1) is 0 Å². The minimum Gasteiger partial charge on any atom is -0.307 e. The molecule has 7 nitrogen and oxygen atoms in total. The van der Waals surface area contributed by atoms with Crippen LogP contribution in [0.15, 0.2) is 9.59 Å². The normalized spacial score (nSPS) is 20.9. The van der Waals surface area contributed by atoms with E-state index in [1.165, 1.54) is 23.4 Å². The summed E-state index contributed by atoms with van der Waals surface area (Å²) in [5.74, 6) is -0.484. The Morgan fingerprint density at radius 1 is 1.15 bits per heavy atom. The molecular weight excluding hydrogens is 260 g/mol. The van der Waals surface area contributed by atoms with Crippen molar-refractivity contribution in [1.29, 1.82) is 5.26 Å². The van der Waals surface area contributed by atoms with Gasteiger partial charge in [-0.05, 0) is 20.8 Å². The van der Waals surface area contributed by atoms with Crippen molar-refractivity contribution in [1.82, 2.24) is 9.13 Å². The van der Waals surface area contributed by atoms with Gasteiger partial charge in [0.05, 0.1) is 11.8 Å². The Bertz CT molecular complexity index is 753. The molecule has 0 aromatic carbocycles. The lowest BCUT2D eigenvalue weighted by Crippen LogP contribution is -2.43. The van der Waals surface area contributed by atoms with Crippen molar-refractivity contribution >= 4 is 11.6 Å². The molecule has 0 N–H and O–H groups in total. The zero-order valence-corrected chi connectivity index (χ0v) is 11.9. The van der Waals surface area contributed by atoms with Gasteiger partial charge in [-0.25, -0.2) is 4.79 Å². The molecule has 0 bridgehead atoms. The highest BCUT2D eigenvalue weighted by Gasteiger charge is 2.51. The molecule has 0 radical (unpaired) electrons. The van der Waals surface area contributed by atoms with E-state index in [9.17, 15) is 19.6 Å². The van der Waals surface area contributed by atoms with Gasteiger partial charge in [-0.1, -0.05) is 0 Å². The topological polar surface area (TPSA) is 88.1 Å². The van der Waals surface area contributed by atoms with Crippen LogP contribution in [0.1, 0.15) is 26.5 Å². The number of rotatable bonds is 2. The van der Waals surface area contributed by atoms with Crippen molar-refractivity contribution in [3.8, 4) is 6.07 Å². The average Bonchev–Trinajstić information content (AvgIpc) is 2.63. The summed E-state index contributed by atoms with van der Waals surface area (Å²) in [6, 6.07) is 1.94. The standard InChI is InChI=1S/C13H16N4O3/c1-5-16-9-8(10(18)17(6-2)12(16)20)15(4)11(19)13(9,3)7-14/h5-6H2,1-4H3. The SMILES string of the molecule is CCn1c2c(c(=O)n(CC)c1=O)N(C)C(=O)C2(C)C#N. The zero-order chi connectivity index (χ0) is 15.2. The Kier molecular flexibility index (Phi) is 3.05. The number of carbonyl (C=O) groups excluding carboxylic acids is 1. The average molecular weight is 276 g/mol. The molecule has 1 unspecified atom stereocenters. The summed E-state index contributed by atoms with van der Waals surface area (Å²) in [4.78, 5) is 38.2. The third-order valence-electron chi connectivity index (χ3n) is 3.80. The second-order valence-electron chi connectivity index (χ2n) is 4.87. The summed E-state index contributed by atoms with van der Waals surface area (Å²) in [5, 5.41) is 9.37. The van der Waals surface area contributed by atoms with Crippen molar-refractivity contribution in [2.45, 2.75) is 39.3 Å². The number of nitriles is 1. The number of hydrogen-bond acceptors (Lipinski definition) is 4. The molecule has 1 aromatic rings. The van der Waals surface area contributed by atoms with Gasteiger partial charge in [0.2, 0.25) is 0 Å². The number of amides is 1. The van der Waals surface area contributed by atoms with Crippen LogP contribution in [-0.2, 0) is 23.3 Å². The first-order chi connectivity index (χ1) is 9.34. The molecule has 0 aliphatic carbocycles. The molecule has 1 amide bonds. The highest BCUT2D eigenvalue weighted by molar-refractivity contribution is 6.08. The number of nitrogens with zero attached hydrogens (tertiary/aromatic N) is 4. The van der Waals surface area contributed by atoms with Crippen molar-refractivity contribution in [2.75, 3.05) is 11.9 Å². The first kappa shape index (κ1) is 14.1. The van der Waals surface area contributed by atoms with Gasteiger partial charge in [0.1, 0.15) is 5.69 Å². The van der Waals surface area contributed by atoms with Gasteiger partial charge in [0, 0.05) is 20.1 Å². The third-order valence-corrected chi connectivity index (χ3v) is 3.80. The highest BCUT2D eigenvalue weighted by atomic mass is 16.2. The van der Waals surface area contributed by atoms with Gasteiger partial charge in [0.25, 0.3) is 11.5 Å².